The van der Waals surface area contributed by atoms with E-state index in [9.17, 15) is 19.7 Å². The smallest absolute Gasteiger partial charge is 0.349 e. The summed E-state index contributed by atoms with van der Waals surface area (Å²) in [6.45, 7) is 0. The van der Waals surface area contributed by atoms with E-state index in [0.29, 0.717) is 11.1 Å². The summed E-state index contributed by atoms with van der Waals surface area (Å²) in [5, 5.41) is 13.9. The first kappa shape index (κ1) is 16.2. The standard InChI is InChI=1S/C17H12N2O6/c1-24-14-8-4-5-10-9-11(17(21)25-15(10)14)16(20)18-12-6-2-3-7-13(12)19(22)23/h2-9H,1H3,(H,18,20). The van der Waals surface area contributed by atoms with Crippen LogP contribution in [-0.4, -0.2) is 17.9 Å². The number of ether oxygens (including phenoxy) is 1. The average molecular weight is 340 g/mol. The summed E-state index contributed by atoms with van der Waals surface area (Å²) in [4.78, 5) is 34.9. The third-order valence-corrected chi connectivity index (χ3v) is 3.54. The summed E-state index contributed by atoms with van der Waals surface area (Å²) in [5.41, 5.74) is -1.20. The molecular formula is C17H12N2O6. The minimum Gasteiger partial charge on any atom is -0.493 e. The molecule has 3 aromatic rings. The molecule has 0 saturated heterocycles. The molecule has 1 aromatic heterocycles. The number of para-hydroxylation sites is 3. The van der Waals surface area contributed by atoms with Crippen LogP contribution in [0.15, 0.2) is 57.7 Å². The minimum atomic E-state index is -0.868. The molecule has 0 bridgehead atoms. The van der Waals surface area contributed by atoms with Gasteiger partial charge in [-0.1, -0.05) is 24.3 Å². The fourth-order valence-electron chi connectivity index (χ4n) is 2.36. The number of hydrogen-bond donors (Lipinski definition) is 1. The Bertz CT molecular complexity index is 1040. The van der Waals surface area contributed by atoms with E-state index in [1.54, 1.807) is 18.2 Å². The summed E-state index contributed by atoms with van der Waals surface area (Å²) in [6, 6.07) is 12.0. The van der Waals surface area contributed by atoms with Crippen LogP contribution < -0.4 is 15.7 Å². The van der Waals surface area contributed by atoms with E-state index in [1.807, 2.05) is 0 Å². The molecule has 126 valence electrons. The highest BCUT2D eigenvalue weighted by Crippen LogP contribution is 2.26. The van der Waals surface area contributed by atoms with Gasteiger partial charge in [0.05, 0.1) is 12.0 Å². The Labute approximate surface area is 140 Å². The van der Waals surface area contributed by atoms with Crippen molar-refractivity contribution in [1.29, 1.82) is 0 Å². The molecule has 8 heteroatoms. The zero-order valence-corrected chi connectivity index (χ0v) is 13.0. The van der Waals surface area contributed by atoms with Gasteiger partial charge < -0.3 is 14.5 Å². The number of rotatable bonds is 4. The summed E-state index contributed by atoms with van der Waals surface area (Å²) in [7, 11) is 1.43. The van der Waals surface area contributed by atoms with Gasteiger partial charge in [-0.2, -0.15) is 0 Å². The number of anilines is 1. The number of methoxy groups -OCH3 is 1. The molecule has 1 heterocycles. The van der Waals surface area contributed by atoms with Crippen molar-refractivity contribution < 1.29 is 18.9 Å². The largest absolute Gasteiger partial charge is 0.493 e. The van der Waals surface area contributed by atoms with Crippen LogP contribution in [0, 0.1) is 10.1 Å². The normalized spacial score (nSPS) is 10.4. The number of benzene rings is 2. The Morgan fingerprint density at radius 3 is 2.68 bits per heavy atom. The lowest BCUT2D eigenvalue weighted by molar-refractivity contribution is -0.383. The summed E-state index contributed by atoms with van der Waals surface area (Å²) < 4.78 is 10.3. The maximum Gasteiger partial charge on any atom is 0.349 e. The number of carbonyl (C=O) groups is 1. The molecule has 0 unspecified atom stereocenters. The van der Waals surface area contributed by atoms with Crippen LogP contribution in [0.1, 0.15) is 10.4 Å². The van der Waals surface area contributed by atoms with Gasteiger partial charge in [-0.05, 0) is 18.2 Å². The Morgan fingerprint density at radius 1 is 1.20 bits per heavy atom. The number of nitro benzene ring substituents is 1. The van der Waals surface area contributed by atoms with Crippen molar-refractivity contribution in [2.45, 2.75) is 0 Å². The highest BCUT2D eigenvalue weighted by atomic mass is 16.6. The van der Waals surface area contributed by atoms with Crippen LogP contribution >= 0.6 is 0 Å². The van der Waals surface area contributed by atoms with Crippen LogP contribution in [0.2, 0.25) is 0 Å². The number of hydrogen-bond acceptors (Lipinski definition) is 6. The lowest BCUT2D eigenvalue weighted by Gasteiger charge is -2.07. The third-order valence-electron chi connectivity index (χ3n) is 3.54. The van der Waals surface area contributed by atoms with Crippen molar-refractivity contribution in [2.75, 3.05) is 12.4 Å². The van der Waals surface area contributed by atoms with Crippen LogP contribution in [0.5, 0.6) is 5.75 Å². The van der Waals surface area contributed by atoms with E-state index in [0.717, 1.165) is 0 Å². The van der Waals surface area contributed by atoms with Crippen LogP contribution in [-0.2, 0) is 0 Å². The lowest BCUT2D eigenvalue weighted by atomic mass is 10.1. The summed E-state index contributed by atoms with van der Waals surface area (Å²) >= 11 is 0. The van der Waals surface area contributed by atoms with Gasteiger partial charge in [0.2, 0.25) is 0 Å². The first-order valence-corrected chi connectivity index (χ1v) is 7.17. The van der Waals surface area contributed by atoms with E-state index in [1.165, 1.54) is 37.4 Å². The first-order chi connectivity index (χ1) is 12.0. The lowest BCUT2D eigenvalue weighted by Crippen LogP contribution is -2.21. The highest BCUT2D eigenvalue weighted by Gasteiger charge is 2.19. The maximum absolute atomic E-state index is 12.4. The molecule has 0 aliphatic carbocycles. The van der Waals surface area contributed by atoms with Gasteiger partial charge in [0.1, 0.15) is 11.3 Å². The number of nitrogens with one attached hydrogen (secondary N) is 1. The zero-order chi connectivity index (χ0) is 18.0. The van der Waals surface area contributed by atoms with Crippen molar-refractivity contribution >= 4 is 28.3 Å². The number of carbonyl (C=O) groups excluding carboxylic acids is 1. The number of amides is 1. The third kappa shape index (κ3) is 3.05. The molecule has 0 saturated carbocycles. The second-order valence-corrected chi connectivity index (χ2v) is 5.05. The molecule has 0 spiro atoms. The fraction of sp³-hybridized carbons (Fsp3) is 0.0588. The molecule has 0 radical (unpaired) electrons. The molecule has 0 aliphatic rings. The predicted molar refractivity (Wildman–Crippen MR) is 90.1 cm³/mol. The minimum absolute atomic E-state index is 0.0114. The van der Waals surface area contributed by atoms with Gasteiger partial charge >= 0.3 is 5.63 Å². The Kier molecular flexibility index (Phi) is 4.17. The molecular weight excluding hydrogens is 328 g/mol. The van der Waals surface area contributed by atoms with Crippen LogP contribution in [0.25, 0.3) is 11.0 Å². The first-order valence-electron chi connectivity index (χ1n) is 7.17. The quantitative estimate of drug-likeness (QED) is 0.444. The molecule has 25 heavy (non-hydrogen) atoms. The topological polar surface area (TPSA) is 112 Å². The Balaban J connectivity index is 2.02. The molecule has 3 rings (SSSR count). The Hall–Kier alpha value is -3.68. The second kappa shape index (κ2) is 6.44. The number of nitro groups is 1. The molecule has 0 atom stereocenters. The van der Waals surface area contributed by atoms with Gasteiger partial charge in [0, 0.05) is 11.5 Å². The van der Waals surface area contributed by atoms with Gasteiger partial charge in [-0.15, -0.1) is 0 Å². The van der Waals surface area contributed by atoms with Gasteiger partial charge in [-0.25, -0.2) is 4.79 Å². The molecule has 2 aromatic carbocycles. The zero-order valence-electron chi connectivity index (χ0n) is 13.0. The summed E-state index contributed by atoms with van der Waals surface area (Å²) in [5.74, 6) is -0.437. The van der Waals surface area contributed by atoms with Crippen LogP contribution in [0.3, 0.4) is 0 Å². The maximum atomic E-state index is 12.4. The number of fused-ring (bicyclic) bond motifs is 1. The SMILES string of the molecule is COc1cccc2cc(C(=O)Nc3ccccc3[N+](=O)[O-])c(=O)oc12. The molecule has 1 amide bonds. The molecule has 0 aliphatic heterocycles. The van der Waals surface area contributed by atoms with Gasteiger partial charge in [-0.3, -0.25) is 14.9 Å². The average Bonchev–Trinajstić information content (AvgIpc) is 2.60. The van der Waals surface area contributed by atoms with Crippen molar-refractivity contribution in [3.05, 3.63) is 74.6 Å². The van der Waals surface area contributed by atoms with E-state index in [-0.39, 0.29) is 22.5 Å². The van der Waals surface area contributed by atoms with Crippen LogP contribution in [0.4, 0.5) is 11.4 Å². The van der Waals surface area contributed by atoms with E-state index < -0.39 is 16.5 Å². The summed E-state index contributed by atoms with van der Waals surface area (Å²) in [6.07, 6.45) is 0. The van der Waals surface area contributed by atoms with E-state index >= 15 is 0 Å². The predicted octanol–water partition coefficient (Wildman–Crippen LogP) is 2.96. The van der Waals surface area contributed by atoms with Crippen molar-refractivity contribution in [3.8, 4) is 5.75 Å². The van der Waals surface area contributed by atoms with E-state index in [2.05, 4.69) is 5.32 Å². The molecule has 0 fully saturated rings. The molecule has 8 nitrogen and oxygen atoms in total. The van der Waals surface area contributed by atoms with Crippen molar-refractivity contribution in [2.24, 2.45) is 0 Å². The second-order valence-electron chi connectivity index (χ2n) is 5.05. The number of nitrogens with zero attached hydrogens (tertiary/aromatic N) is 1. The van der Waals surface area contributed by atoms with Gasteiger partial charge in [0.15, 0.2) is 11.3 Å². The van der Waals surface area contributed by atoms with Gasteiger partial charge in [0.25, 0.3) is 11.6 Å². The highest BCUT2D eigenvalue weighted by molar-refractivity contribution is 6.06. The van der Waals surface area contributed by atoms with Crippen molar-refractivity contribution in [3.63, 3.8) is 0 Å². The molecule has 1 N–H and O–H groups in total. The fourth-order valence-corrected chi connectivity index (χ4v) is 2.36. The van der Waals surface area contributed by atoms with Crippen molar-refractivity contribution in [1.82, 2.24) is 0 Å². The van der Waals surface area contributed by atoms with E-state index in [4.69, 9.17) is 9.15 Å². The monoisotopic (exact) mass is 340 g/mol. The Morgan fingerprint density at radius 2 is 1.96 bits per heavy atom.